The average Bonchev–Trinajstić information content (AvgIpc) is 3.44. The molecule has 1 aliphatic heterocycles. The number of aromatic amines is 1. The lowest BCUT2D eigenvalue weighted by atomic mass is 9.89. The number of anilines is 1. The van der Waals surface area contributed by atoms with E-state index in [-0.39, 0.29) is 17.9 Å². The summed E-state index contributed by atoms with van der Waals surface area (Å²) in [7, 11) is 4.12. The number of urea groups is 1. The van der Waals surface area contributed by atoms with E-state index >= 15 is 0 Å². The van der Waals surface area contributed by atoms with E-state index in [9.17, 15) is 9.59 Å². The lowest BCUT2D eigenvalue weighted by molar-refractivity contribution is -0.118. The van der Waals surface area contributed by atoms with Gasteiger partial charge in [0.25, 0.3) is 0 Å². The molecule has 214 valence electrons. The van der Waals surface area contributed by atoms with Crippen LogP contribution in [0.25, 0.3) is 10.9 Å². The third-order valence-corrected chi connectivity index (χ3v) is 8.30. The predicted octanol–water partition coefficient (Wildman–Crippen LogP) is 5.97. The normalized spacial score (nSPS) is 15.6. The van der Waals surface area contributed by atoms with Crippen molar-refractivity contribution in [1.29, 1.82) is 0 Å². The Bertz CT molecular complexity index is 1440. The number of H-pyrrole nitrogens is 1. The zero-order chi connectivity index (χ0) is 28.8. The van der Waals surface area contributed by atoms with Crippen LogP contribution in [0.4, 0.5) is 10.5 Å². The van der Waals surface area contributed by atoms with Crippen molar-refractivity contribution in [2.75, 3.05) is 39.0 Å². The summed E-state index contributed by atoms with van der Waals surface area (Å²) in [5.74, 6) is -0.0298. The molecule has 1 fully saturated rings. The van der Waals surface area contributed by atoms with E-state index in [4.69, 9.17) is 0 Å². The summed E-state index contributed by atoms with van der Waals surface area (Å²) in [5.41, 5.74) is 5.27. The molecular weight excluding hydrogens is 510 g/mol. The molecule has 0 saturated carbocycles. The minimum absolute atomic E-state index is 0.192. The molecule has 41 heavy (non-hydrogen) atoms. The molecule has 3 aromatic carbocycles. The van der Waals surface area contributed by atoms with Gasteiger partial charge in [0, 0.05) is 48.3 Å². The number of aromatic nitrogens is 1. The fraction of sp³-hybridized carbons (Fsp3) is 0.353. The van der Waals surface area contributed by atoms with Gasteiger partial charge >= 0.3 is 6.03 Å². The molecule has 7 heteroatoms. The van der Waals surface area contributed by atoms with Gasteiger partial charge in [-0.05, 0) is 74.2 Å². The molecule has 2 atom stereocenters. The topological polar surface area (TPSA) is 80.5 Å². The molecule has 3 N–H and O–H groups in total. The molecule has 1 aliphatic rings. The number of rotatable bonds is 9. The first kappa shape index (κ1) is 28.4. The molecule has 2 heterocycles. The summed E-state index contributed by atoms with van der Waals surface area (Å²) in [5, 5.41) is 7.24. The van der Waals surface area contributed by atoms with Crippen LogP contribution in [0.5, 0.6) is 0 Å². The molecule has 3 amide bonds. The van der Waals surface area contributed by atoms with Crippen LogP contribution in [0, 0.1) is 0 Å². The first-order chi connectivity index (χ1) is 19.9. The van der Waals surface area contributed by atoms with Crippen molar-refractivity contribution in [1.82, 2.24) is 20.1 Å². The zero-order valence-corrected chi connectivity index (χ0v) is 24.3. The van der Waals surface area contributed by atoms with Crippen molar-refractivity contribution < 1.29 is 9.59 Å². The summed E-state index contributed by atoms with van der Waals surface area (Å²) >= 11 is 0. The Labute approximate surface area is 242 Å². The maximum absolute atomic E-state index is 13.8. The molecule has 7 nitrogen and oxygen atoms in total. The van der Waals surface area contributed by atoms with Crippen molar-refractivity contribution >= 4 is 28.5 Å². The maximum atomic E-state index is 13.8. The summed E-state index contributed by atoms with van der Waals surface area (Å²) in [6.07, 6.45) is 4.71. The van der Waals surface area contributed by atoms with Gasteiger partial charge in [-0.3, -0.25) is 4.79 Å². The average molecular weight is 552 g/mol. The highest BCUT2D eigenvalue weighted by Gasteiger charge is 2.32. The lowest BCUT2D eigenvalue weighted by Gasteiger charge is -2.34. The van der Waals surface area contributed by atoms with Crippen LogP contribution in [0.1, 0.15) is 48.3 Å². The van der Waals surface area contributed by atoms with Gasteiger partial charge in [0.15, 0.2) is 0 Å². The monoisotopic (exact) mass is 551 g/mol. The molecule has 1 aromatic heterocycles. The second-order valence-electron chi connectivity index (χ2n) is 11.4. The minimum Gasteiger partial charge on any atom is -0.361 e. The smallest absolute Gasteiger partial charge is 0.318 e. The van der Waals surface area contributed by atoms with Gasteiger partial charge in [0.1, 0.15) is 6.04 Å². The summed E-state index contributed by atoms with van der Waals surface area (Å²) in [4.78, 5) is 34.6. The van der Waals surface area contributed by atoms with Gasteiger partial charge < -0.3 is 25.4 Å². The van der Waals surface area contributed by atoms with E-state index in [1.54, 1.807) is 0 Å². The van der Waals surface area contributed by atoms with Crippen LogP contribution in [-0.2, 0) is 11.2 Å². The number of hydrogen-bond acceptors (Lipinski definition) is 3. The van der Waals surface area contributed by atoms with Crippen LogP contribution < -0.4 is 10.6 Å². The number of piperidine rings is 1. The van der Waals surface area contributed by atoms with E-state index in [2.05, 4.69) is 64.9 Å². The number of nitrogens with zero attached hydrogens (tertiary/aromatic N) is 2. The number of fused-ring (bicyclic) bond motifs is 1. The van der Waals surface area contributed by atoms with Crippen LogP contribution >= 0.6 is 0 Å². The van der Waals surface area contributed by atoms with Gasteiger partial charge in [-0.15, -0.1) is 0 Å². The third-order valence-electron chi connectivity index (χ3n) is 8.30. The van der Waals surface area contributed by atoms with Gasteiger partial charge in [-0.25, -0.2) is 4.79 Å². The number of amides is 3. The minimum atomic E-state index is -0.748. The summed E-state index contributed by atoms with van der Waals surface area (Å²) in [6.45, 7) is 4.29. The molecule has 0 spiro atoms. The van der Waals surface area contributed by atoms with Crippen molar-refractivity contribution in [3.8, 4) is 0 Å². The van der Waals surface area contributed by atoms with Crippen molar-refractivity contribution in [3.63, 3.8) is 0 Å². The Hall–Kier alpha value is -4.10. The number of likely N-dealkylation sites (N-methyl/N-ethyl adjacent to an activating group) is 1. The molecule has 0 radical (unpaired) electrons. The number of carbonyl (C=O) groups excluding carboxylic acids is 2. The number of nitrogens with one attached hydrogen (secondary N) is 3. The zero-order valence-electron chi connectivity index (χ0n) is 24.3. The summed E-state index contributed by atoms with van der Waals surface area (Å²) in [6, 6.07) is 25.6. The number of hydrogen-bond donors (Lipinski definition) is 3. The first-order valence-electron chi connectivity index (χ1n) is 14.6. The molecule has 4 aromatic rings. The van der Waals surface area contributed by atoms with Crippen LogP contribution in [0.3, 0.4) is 0 Å². The van der Waals surface area contributed by atoms with Gasteiger partial charge in [0.2, 0.25) is 5.91 Å². The predicted molar refractivity (Wildman–Crippen MR) is 166 cm³/mol. The SMILES string of the molecule is C[C@@H](c1c[nH]c2ccccc12)[C@@H](NC(=O)N1CCC(c2ccccc2)CC1)C(=O)Nc1ccc(CCN(C)C)cc1. The second kappa shape index (κ2) is 13.0. The molecular formula is C34H41N5O2. The first-order valence-corrected chi connectivity index (χ1v) is 14.6. The number of likely N-dealkylation sites (tertiary alicyclic amines) is 1. The van der Waals surface area contributed by atoms with Gasteiger partial charge in [-0.2, -0.15) is 0 Å². The van der Waals surface area contributed by atoms with E-state index in [0.29, 0.717) is 19.0 Å². The fourth-order valence-electron chi connectivity index (χ4n) is 5.76. The third kappa shape index (κ3) is 6.98. The standard InChI is InChI=1S/C34H41N5O2/c1-24(30-23-35-31-12-8-7-11-29(30)31)32(33(40)36-28-15-13-25(14-16-28)17-20-38(2)3)37-34(41)39-21-18-27(19-22-39)26-9-5-4-6-10-26/h4-16,23-24,27,32,35H,17-22H2,1-3H3,(H,36,40)(H,37,41)/t24-,32+/m0/s1. The molecule has 0 aliphatic carbocycles. The highest BCUT2D eigenvalue weighted by atomic mass is 16.2. The Balaban J connectivity index is 1.30. The van der Waals surface area contributed by atoms with Gasteiger partial charge in [0.05, 0.1) is 0 Å². The Morgan fingerprint density at radius 3 is 2.34 bits per heavy atom. The number of benzene rings is 3. The quantitative estimate of drug-likeness (QED) is 0.240. The molecule has 0 bridgehead atoms. The Morgan fingerprint density at radius 2 is 1.63 bits per heavy atom. The summed E-state index contributed by atoms with van der Waals surface area (Å²) < 4.78 is 0. The van der Waals surface area contributed by atoms with Crippen LogP contribution in [0.15, 0.2) is 85.1 Å². The van der Waals surface area contributed by atoms with Gasteiger partial charge in [-0.1, -0.05) is 67.6 Å². The van der Waals surface area contributed by atoms with E-state index in [1.807, 2.05) is 66.6 Å². The molecule has 1 saturated heterocycles. The largest absolute Gasteiger partial charge is 0.361 e. The second-order valence-corrected chi connectivity index (χ2v) is 11.4. The Morgan fingerprint density at radius 1 is 0.951 bits per heavy atom. The van der Waals surface area contributed by atoms with Crippen molar-refractivity contribution in [3.05, 3.63) is 102 Å². The van der Waals surface area contributed by atoms with Crippen LogP contribution in [0.2, 0.25) is 0 Å². The van der Waals surface area contributed by atoms with Crippen LogP contribution in [-0.4, -0.2) is 66.5 Å². The fourth-order valence-corrected chi connectivity index (χ4v) is 5.76. The molecule has 5 rings (SSSR count). The van der Waals surface area contributed by atoms with Crippen molar-refractivity contribution in [2.45, 2.75) is 44.1 Å². The van der Waals surface area contributed by atoms with Crippen molar-refractivity contribution in [2.24, 2.45) is 0 Å². The highest BCUT2D eigenvalue weighted by Crippen LogP contribution is 2.30. The van der Waals surface area contributed by atoms with E-state index in [1.165, 1.54) is 11.1 Å². The van der Waals surface area contributed by atoms with E-state index in [0.717, 1.165) is 48.0 Å². The Kier molecular flexibility index (Phi) is 9.04. The lowest BCUT2D eigenvalue weighted by Crippen LogP contribution is -2.53. The highest BCUT2D eigenvalue weighted by molar-refractivity contribution is 5.98. The number of para-hydroxylation sites is 1. The number of carbonyl (C=O) groups is 2. The van der Waals surface area contributed by atoms with E-state index < -0.39 is 6.04 Å². The molecule has 0 unspecified atom stereocenters. The maximum Gasteiger partial charge on any atom is 0.318 e.